The smallest absolute Gasteiger partial charge is 0.325 e. The molecule has 1 heterocycles. The molecule has 5 nitrogen and oxygen atoms in total. The van der Waals surface area contributed by atoms with Gasteiger partial charge in [0.15, 0.2) is 0 Å². The van der Waals surface area contributed by atoms with Crippen LogP contribution >= 0.6 is 0 Å². The lowest BCUT2D eigenvalue weighted by Crippen LogP contribution is -2.31. The topological polar surface area (TPSA) is 68.3 Å². The van der Waals surface area contributed by atoms with E-state index in [0.29, 0.717) is 6.61 Å². The van der Waals surface area contributed by atoms with Crippen LogP contribution < -0.4 is 5.32 Å². The van der Waals surface area contributed by atoms with Gasteiger partial charge < -0.3 is 10.1 Å². The third-order valence-electron chi connectivity index (χ3n) is 1.85. The monoisotopic (exact) mass is 222 g/mol. The summed E-state index contributed by atoms with van der Waals surface area (Å²) in [5, 5.41) is 2.48. The van der Waals surface area contributed by atoms with Crippen molar-refractivity contribution in [3.05, 3.63) is 30.1 Å². The Balaban J connectivity index is 2.29. The number of carbonyl (C=O) groups is 2. The number of nitrogens with one attached hydrogen (secondary N) is 1. The lowest BCUT2D eigenvalue weighted by atomic mass is 10.2. The summed E-state index contributed by atoms with van der Waals surface area (Å²) in [5.74, 6) is -0.634. The van der Waals surface area contributed by atoms with Crippen molar-refractivity contribution in [1.29, 1.82) is 0 Å². The van der Waals surface area contributed by atoms with Crippen LogP contribution in [0.4, 0.5) is 0 Å². The molecule has 0 radical (unpaired) electrons. The SMILES string of the molecule is CCOC(=O)CNC(=O)Cc1ccncc1. The fourth-order valence-electron chi connectivity index (χ4n) is 1.13. The van der Waals surface area contributed by atoms with Gasteiger partial charge in [0.2, 0.25) is 5.91 Å². The Labute approximate surface area is 93.8 Å². The van der Waals surface area contributed by atoms with Gasteiger partial charge in [-0.15, -0.1) is 0 Å². The zero-order valence-corrected chi connectivity index (χ0v) is 9.10. The highest BCUT2D eigenvalue weighted by atomic mass is 16.5. The van der Waals surface area contributed by atoms with E-state index in [1.165, 1.54) is 0 Å². The Kier molecular flexibility index (Phi) is 4.98. The van der Waals surface area contributed by atoms with Crippen LogP contribution in [0.3, 0.4) is 0 Å². The predicted octanol–water partition coefficient (Wildman–Crippen LogP) is 0.303. The minimum Gasteiger partial charge on any atom is -0.465 e. The summed E-state index contributed by atoms with van der Waals surface area (Å²) >= 11 is 0. The van der Waals surface area contributed by atoms with Crippen molar-refractivity contribution in [2.75, 3.05) is 13.2 Å². The fourth-order valence-corrected chi connectivity index (χ4v) is 1.13. The van der Waals surface area contributed by atoms with Crippen LogP contribution in [0.25, 0.3) is 0 Å². The summed E-state index contributed by atoms with van der Waals surface area (Å²) in [5.41, 5.74) is 0.858. The summed E-state index contributed by atoms with van der Waals surface area (Å²) in [6.45, 7) is 1.95. The van der Waals surface area contributed by atoms with Crippen molar-refractivity contribution in [2.45, 2.75) is 13.3 Å². The molecule has 1 rings (SSSR count). The first kappa shape index (κ1) is 12.2. The molecule has 1 aromatic heterocycles. The number of carbonyl (C=O) groups excluding carboxylic acids is 2. The van der Waals surface area contributed by atoms with E-state index in [0.717, 1.165) is 5.56 Å². The predicted molar refractivity (Wildman–Crippen MR) is 57.6 cm³/mol. The summed E-state index contributed by atoms with van der Waals surface area (Å²) in [7, 11) is 0. The molecule has 0 atom stereocenters. The first-order valence-electron chi connectivity index (χ1n) is 5.03. The van der Waals surface area contributed by atoms with Crippen LogP contribution in [0.15, 0.2) is 24.5 Å². The van der Waals surface area contributed by atoms with Crippen molar-refractivity contribution in [1.82, 2.24) is 10.3 Å². The van der Waals surface area contributed by atoms with E-state index in [-0.39, 0.29) is 18.9 Å². The largest absolute Gasteiger partial charge is 0.465 e. The van der Waals surface area contributed by atoms with Crippen molar-refractivity contribution in [3.63, 3.8) is 0 Å². The van der Waals surface area contributed by atoms with Gasteiger partial charge in [0, 0.05) is 12.4 Å². The van der Waals surface area contributed by atoms with Gasteiger partial charge in [-0.05, 0) is 24.6 Å². The third-order valence-corrected chi connectivity index (χ3v) is 1.85. The van der Waals surface area contributed by atoms with Gasteiger partial charge in [-0.25, -0.2) is 0 Å². The van der Waals surface area contributed by atoms with Crippen molar-refractivity contribution >= 4 is 11.9 Å². The summed E-state index contributed by atoms with van der Waals surface area (Å²) < 4.78 is 4.68. The molecule has 1 amide bonds. The van der Waals surface area contributed by atoms with Gasteiger partial charge in [-0.2, -0.15) is 0 Å². The molecule has 0 aliphatic rings. The van der Waals surface area contributed by atoms with Gasteiger partial charge in [0.05, 0.1) is 13.0 Å². The number of pyridine rings is 1. The summed E-state index contributed by atoms with van der Waals surface area (Å²) in [6, 6.07) is 3.51. The average molecular weight is 222 g/mol. The molecule has 1 aromatic rings. The number of hydrogen-bond acceptors (Lipinski definition) is 4. The van der Waals surface area contributed by atoms with Crippen molar-refractivity contribution < 1.29 is 14.3 Å². The standard InChI is InChI=1S/C11H14N2O3/c1-2-16-11(15)8-13-10(14)7-9-3-5-12-6-4-9/h3-6H,2,7-8H2,1H3,(H,13,14). The molecule has 0 aliphatic heterocycles. The fraction of sp³-hybridized carbons (Fsp3) is 0.364. The Morgan fingerprint density at radius 1 is 1.38 bits per heavy atom. The molecule has 0 aromatic carbocycles. The zero-order valence-electron chi connectivity index (χ0n) is 9.10. The van der Waals surface area contributed by atoms with Crippen LogP contribution in [-0.4, -0.2) is 30.0 Å². The number of amides is 1. The van der Waals surface area contributed by atoms with Crippen molar-refractivity contribution in [3.8, 4) is 0 Å². The minimum atomic E-state index is -0.425. The highest BCUT2D eigenvalue weighted by molar-refractivity contribution is 5.83. The lowest BCUT2D eigenvalue weighted by molar-refractivity contribution is -0.143. The molecular formula is C11H14N2O3. The molecule has 0 saturated carbocycles. The first-order chi connectivity index (χ1) is 7.72. The van der Waals surface area contributed by atoms with Crippen molar-refractivity contribution in [2.24, 2.45) is 0 Å². The maximum absolute atomic E-state index is 11.4. The van der Waals surface area contributed by atoms with E-state index in [9.17, 15) is 9.59 Å². The number of aromatic nitrogens is 1. The molecule has 86 valence electrons. The van der Waals surface area contributed by atoms with E-state index in [1.54, 1.807) is 31.5 Å². The maximum Gasteiger partial charge on any atom is 0.325 e. The van der Waals surface area contributed by atoms with Gasteiger partial charge >= 0.3 is 5.97 Å². The Morgan fingerprint density at radius 2 is 2.06 bits per heavy atom. The van der Waals surface area contributed by atoms with Gasteiger partial charge in [0.25, 0.3) is 0 Å². The molecule has 0 bridgehead atoms. The molecule has 5 heteroatoms. The van der Waals surface area contributed by atoms with E-state index >= 15 is 0 Å². The number of nitrogens with zero attached hydrogens (tertiary/aromatic N) is 1. The van der Waals surface area contributed by atoms with Gasteiger partial charge in [0.1, 0.15) is 6.54 Å². The molecule has 16 heavy (non-hydrogen) atoms. The zero-order chi connectivity index (χ0) is 11.8. The van der Waals surface area contributed by atoms with Crippen LogP contribution in [0.5, 0.6) is 0 Å². The lowest BCUT2D eigenvalue weighted by Gasteiger charge is -2.04. The number of esters is 1. The van der Waals surface area contributed by atoms with E-state index in [1.807, 2.05) is 0 Å². The quantitative estimate of drug-likeness (QED) is 0.728. The third kappa shape index (κ3) is 4.54. The molecular weight excluding hydrogens is 208 g/mol. The molecule has 0 fully saturated rings. The normalized spacial score (nSPS) is 9.56. The highest BCUT2D eigenvalue weighted by Crippen LogP contribution is 1.96. The van der Waals surface area contributed by atoms with E-state index < -0.39 is 5.97 Å². The Morgan fingerprint density at radius 3 is 2.69 bits per heavy atom. The number of ether oxygens (including phenoxy) is 1. The molecule has 1 N–H and O–H groups in total. The van der Waals surface area contributed by atoms with Gasteiger partial charge in [-0.3, -0.25) is 14.6 Å². The van der Waals surface area contributed by atoms with Gasteiger partial charge in [-0.1, -0.05) is 0 Å². The summed E-state index contributed by atoms with van der Waals surface area (Å²) in [6.07, 6.45) is 3.48. The average Bonchev–Trinajstić information content (AvgIpc) is 2.28. The van der Waals surface area contributed by atoms with Crippen LogP contribution in [-0.2, 0) is 20.7 Å². The number of rotatable bonds is 5. The second-order valence-corrected chi connectivity index (χ2v) is 3.11. The molecule has 0 unspecified atom stereocenters. The second kappa shape index (κ2) is 6.55. The first-order valence-corrected chi connectivity index (χ1v) is 5.03. The van der Waals surface area contributed by atoms with E-state index in [2.05, 4.69) is 15.0 Å². The maximum atomic E-state index is 11.4. The molecule has 0 aliphatic carbocycles. The Hall–Kier alpha value is -1.91. The van der Waals surface area contributed by atoms with E-state index in [4.69, 9.17) is 0 Å². The minimum absolute atomic E-state index is 0.0856. The van der Waals surface area contributed by atoms with Crippen LogP contribution in [0.2, 0.25) is 0 Å². The van der Waals surface area contributed by atoms with Crippen LogP contribution in [0.1, 0.15) is 12.5 Å². The summed E-state index contributed by atoms with van der Waals surface area (Å²) in [4.78, 5) is 26.2. The second-order valence-electron chi connectivity index (χ2n) is 3.11. The van der Waals surface area contributed by atoms with Crippen LogP contribution in [0, 0.1) is 0 Å². The molecule has 0 spiro atoms. The Bertz CT molecular complexity index is 352. The molecule has 0 saturated heterocycles. The number of hydrogen-bond donors (Lipinski definition) is 1. The highest BCUT2D eigenvalue weighted by Gasteiger charge is 2.06.